The van der Waals surface area contributed by atoms with Gasteiger partial charge in [-0.05, 0) is 39.0 Å². The summed E-state index contributed by atoms with van der Waals surface area (Å²) in [6, 6.07) is 0.203. The summed E-state index contributed by atoms with van der Waals surface area (Å²) in [6.45, 7) is 5.85. The van der Waals surface area contributed by atoms with Gasteiger partial charge in [0, 0.05) is 24.7 Å². The molecule has 3 heterocycles. The summed E-state index contributed by atoms with van der Waals surface area (Å²) in [5, 5.41) is 3.39. The van der Waals surface area contributed by atoms with E-state index >= 15 is 0 Å². The van der Waals surface area contributed by atoms with Crippen LogP contribution in [0.25, 0.3) is 0 Å². The molecule has 1 aliphatic carbocycles. The second kappa shape index (κ2) is 6.34. The van der Waals surface area contributed by atoms with Crippen molar-refractivity contribution < 1.29 is 14.3 Å². The highest BCUT2D eigenvalue weighted by Crippen LogP contribution is 2.41. The number of hydrogen-bond donors (Lipinski definition) is 1. The minimum absolute atomic E-state index is 0.0827. The Morgan fingerprint density at radius 1 is 1.22 bits per heavy atom. The Kier molecular flexibility index (Phi) is 4.37. The van der Waals surface area contributed by atoms with Crippen LogP contribution in [0.1, 0.15) is 51.9 Å². The van der Waals surface area contributed by atoms with Gasteiger partial charge in [0.2, 0.25) is 5.91 Å². The lowest BCUT2D eigenvalue weighted by atomic mass is 9.84. The number of nitrogens with zero attached hydrogens (tertiary/aromatic N) is 1. The molecule has 4 atom stereocenters. The molecular formula is C18H30N2O3. The molecule has 1 N–H and O–H groups in total. The van der Waals surface area contributed by atoms with Crippen LogP contribution in [-0.4, -0.2) is 60.9 Å². The second-order valence-corrected chi connectivity index (χ2v) is 7.86. The van der Waals surface area contributed by atoms with Crippen LogP contribution in [0.2, 0.25) is 0 Å². The minimum atomic E-state index is 0.0827. The second-order valence-electron chi connectivity index (χ2n) is 7.86. The lowest BCUT2D eigenvalue weighted by Gasteiger charge is -2.47. The standard InChI is InChI=1S/C18H30N2O3/c1-13(19-17(21)15-12-14-4-5-16(15)23-14)18(6-2-3-7-18)20-8-10-22-11-9-20/h13-16H,2-12H2,1H3,(H,19,21)/t13-,14+,15-,16+/m0/s1. The van der Waals surface area contributed by atoms with E-state index in [0.29, 0.717) is 6.10 Å². The van der Waals surface area contributed by atoms with Gasteiger partial charge >= 0.3 is 0 Å². The maximum Gasteiger partial charge on any atom is 0.226 e. The van der Waals surface area contributed by atoms with E-state index in [9.17, 15) is 4.79 Å². The molecule has 5 heteroatoms. The summed E-state index contributed by atoms with van der Waals surface area (Å²) in [5.74, 6) is 0.309. The third kappa shape index (κ3) is 2.81. The molecule has 0 aromatic carbocycles. The van der Waals surface area contributed by atoms with Crippen LogP contribution in [0, 0.1) is 5.92 Å². The molecule has 3 saturated heterocycles. The van der Waals surface area contributed by atoms with Crippen LogP contribution in [0.5, 0.6) is 0 Å². The van der Waals surface area contributed by atoms with Gasteiger partial charge in [0.15, 0.2) is 0 Å². The molecular weight excluding hydrogens is 292 g/mol. The zero-order valence-corrected chi connectivity index (χ0v) is 14.3. The van der Waals surface area contributed by atoms with Crippen molar-refractivity contribution >= 4 is 5.91 Å². The van der Waals surface area contributed by atoms with Crippen LogP contribution in [0.15, 0.2) is 0 Å². The van der Waals surface area contributed by atoms with Crippen LogP contribution in [0.4, 0.5) is 0 Å². The number of morpholine rings is 1. The number of nitrogens with one attached hydrogen (secondary N) is 1. The average Bonchev–Trinajstić information content (AvgIpc) is 3.32. The molecule has 0 radical (unpaired) electrons. The lowest BCUT2D eigenvalue weighted by Crippen LogP contribution is -2.62. The zero-order valence-electron chi connectivity index (χ0n) is 14.3. The van der Waals surface area contributed by atoms with Gasteiger partial charge in [-0.2, -0.15) is 0 Å². The predicted molar refractivity (Wildman–Crippen MR) is 87.2 cm³/mol. The lowest BCUT2D eigenvalue weighted by molar-refractivity contribution is -0.129. The summed E-state index contributed by atoms with van der Waals surface area (Å²) in [6.07, 6.45) is 8.58. The summed E-state index contributed by atoms with van der Waals surface area (Å²) < 4.78 is 11.4. The molecule has 5 nitrogen and oxygen atoms in total. The van der Waals surface area contributed by atoms with E-state index < -0.39 is 0 Å². The van der Waals surface area contributed by atoms with E-state index in [1.807, 2.05) is 0 Å². The summed E-state index contributed by atoms with van der Waals surface area (Å²) >= 11 is 0. The topological polar surface area (TPSA) is 50.8 Å². The Morgan fingerprint density at radius 2 is 1.96 bits per heavy atom. The van der Waals surface area contributed by atoms with E-state index in [-0.39, 0.29) is 29.5 Å². The molecule has 23 heavy (non-hydrogen) atoms. The van der Waals surface area contributed by atoms with Crippen LogP contribution in [-0.2, 0) is 14.3 Å². The van der Waals surface area contributed by atoms with Gasteiger partial charge in [0.05, 0.1) is 31.3 Å². The van der Waals surface area contributed by atoms with E-state index in [4.69, 9.17) is 9.47 Å². The Morgan fingerprint density at radius 3 is 2.57 bits per heavy atom. The van der Waals surface area contributed by atoms with Gasteiger partial charge in [0.1, 0.15) is 0 Å². The van der Waals surface area contributed by atoms with Crippen LogP contribution in [0.3, 0.4) is 0 Å². The molecule has 4 rings (SSSR count). The van der Waals surface area contributed by atoms with E-state index in [2.05, 4.69) is 17.1 Å². The van der Waals surface area contributed by atoms with E-state index in [1.165, 1.54) is 25.7 Å². The van der Waals surface area contributed by atoms with Crippen LogP contribution >= 0.6 is 0 Å². The first-order valence-electron chi connectivity index (χ1n) is 9.48. The molecule has 0 spiro atoms. The molecule has 0 aromatic heterocycles. The van der Waals surface area contributed by atoms with Crippen molar-refractivity contribution in [2.24, 2.45) is 5.92 Å². The van der Waals surface area contributed by atoms with E-state index in [0.717, 1.165) is 45.6 Å². The first-order valence-corrected chi connectivity index (χ1v) is 9.48. The Hall–Kier alpha value is -0.650. The third-order valence-corrected chi connectivity index (χ3v) is 6.72. The fourth-order valence-corrected chi connectivity index (χ4v) is 5.39. The van der Waals surface area contributed by atoms with Gasteiger partial charge in [-0.3, -0.25) is 9.69 Å². The summed E-state index contributed by atoms with van der Waals surface area (Å²) in [4.78, 5) is 15.4. The molecule has 0 unspecified atom stereocenters. The predicted octanol–water partition coefficient (Wildman–Crippen LogP) is 1.70. The molecule has 0 aromatic rings. The normalized spacial score (nSPS) is 37.9. The van der Waals surface area contributed by atoms with Crippen molar-refractivity contribution in [2.75, 3.05) is 26.3 Å². The van der Waals surface area contributed by atoms with Crippen molar-refractivity contribution in [1.29, 1.82) is 0 Å². The molecule has 1 amide bonds. The number of amides is 1. The van der Waals surface area contributed by atoms with Crippen molar-refractivity contribution in [3.8, 4) is 0 Å². The SMILES string of the molecule is C[C@H](NC(=O)[C@H]1C[C@H]2CC[C@H]1O2)C1(N2CCOCC2)CCCC1. The van der Waals surface area contributed by atoms with E-state index in [1.54, 1.807) is 0 Å². The first-order chi connectivity index (χ1) is 11.2. The molecule has 4 aliphatic rings. The maximum absolute atomic E-state index is 12.8. The van der Waals surface area contributed by atoms with Crippen molar-refractivity contribution in [1.82, 2.24) is 10.2 Å². The zero-order chi connectivity index (χ0) is 15.9. The van der Waals surface area contributed by atoms with Gasteiger partial charge < -0.3 is 14.8 Å². The number of ether oxygens (including phenoxy) is 2. The Bertz CT molecular complexity index is 444. The smallest absolute Gasteiger partial charge is 0.226 e. The third-order valence-electron chi connectivity index (χ3n) is 6.72. The Balaban J connectivity index is 1.43. The van der Waals surface area contributed by atoms with Gasteiger partial charge in [-0.15, -0.1) is 0 Å². The number of rotatable bonds is 4. The van der Waals surface area contributed by atoms with Crippen molar-refractivity contribution in [3.63, 3.8) is 0 Å². The quantitative estimate of drug-likeness (QED) is 0.856. The van der Waals surface area contributed by atoms with Crippen molar-refractivity contribution in [2.45, 2.75) is 75.7 Å². The first kappa shape index (κ1) is 15.9. The number of carbonyl (C=O) groups is 1. The molecule has 2 bridgehead atoms. The minimum Gasteiger partial charge on any atom is -0.379 e. The molecule has 3 aliphatic heterocycles. The average molecular weight is 322 g/mol. The highest BCUT2D eigenvalue weighted by molar-refractivity contribution is 5.80. The summed E-state index contributed by atoms with van der Waals surface area (Å²) in [7, 11) is 0. The maximum atomic E-state index is 12.8. The molecule has 130 valence electrons. The van der Waals surface area contributed by atoms with Crippen molar-refractivity contribution in [3.05, 3.63) is 0 Å². The number of carbonyl (C=O) groups excluding carboxylic acids is 1. The number of hydrogen-bond acceptors (Lipinski definition) is 4. The van der Waals surface area contributed by atoms with Gasteiger partial charge in [-0.25, -0.2) is 0 Å². The Labute approximate surface area is 139 Å². The van der Waals surface area contributed by atoms with Gasteiger partial charge in [0.25, 0.3) is 0 Å². The van der Waals surface area contributed by atoms with Crippen LogP contribution < -0.4 is 5.32 Å². The van der Waals surface area contributed by atoms with Gasteiger partial charge in [-0.1, -0.05) is 12.8 Å². The molecule has 1 saturated carbocycles. The molecule has 4 fully saturated rings. The summed E-state index contributed by atoms with van der Waals surface area (Å²) in [5.41, 5.74) is 0.137. The highest BCUT2D eigenvalue weighted by atomic mass is 16.5. The fraction of sp³-hybridized carbons (Fsp3) is 0.944. The fourth-order valence-electron chi connectivity index (χ4n) is 5.39. The largest absolute Gasteiger partial charge is 0.379 e. The highest BCUT2D eigenvalue weighted by Gasteiger charge is 2.48. The monoisotopic (exact) mass is 322 g/mol. The number of fused-ring (bicyclic) bond motifs is 2.